The van der Waals surface area contributed by atoms with Crippen LogP contribution in [0, 0.1) is 5.82 Å². The first-order valence-electron chi connectivity index (χ1n) is 6.96. The minimum absolute atomic E-state index is 0.117. The summed E-state index contributed by atoms with van der Waals surface area (Å²) in [6.45, 7) is 1.76. The quantitative estimate of drug-likeness (QED) is 0.867. The minimum atomic E-state index is -0.117. The van der Waals surface area contributed by atoms with E-state index in [4.69, 9.17) is 11.6 Å². The molecule has 0 saturated carbocycles. The summed E-state index contributed by atoms with van der Waals surface area (Å²) in [6, 6.07) is 15.0. The number of nitrogens with one attached hydrogen (secondary N) is 1. The Balaban J connectivity index is 1.98. The van der Waals surface area contributed by atoms with E-state index < -0.39 is 0 Å². The molecule has 1 aliphatic heterocycles. The molecular weight excluding hydrogens is 273 g/mol. The molecule has 2 unspecified atom stereocenters. The smallest absolute Gasteiger partial charge is 0.126 e. The van der Waals surface area contributed by atoms with Crippen molar-refractivity contribution in [3.63, 3.8) is 0 Å². The van der Waals surface area contributed by atoms with Crippen molar-refractivity contribution in [2.45, 2.75) is 18.3 Å². The molecular formula is C17H17ClFN. The zero-order valence-corrected chi connectivity index (χ0v) is 11.9. The molecule has 20 heavy (non-hydrogen) atoms. The second-order valence-electron chi connectivity index (χ2n) is 5.28. The molecule has 3 rings (SSSR count). The predicted octanol–water partition coefficient (Wildman–Crippen LogP) is 4.34. The summed E-state index contributed by atoms with van der Waals surface area (Å²) in [7, 11) is 0. The third kappa shape index (κ3) is 2.72. The van der Waals surface area contributed by atoms with Crippen molar-refractivity contribution < 1.29 is 4.39 Å². The predicted molar refractivity (Wildman–Crippen MR) is 80.8 cm³/mol. The van der Waals surface area contributed by atoms with Crippen molar-refractivity contribution >= 4 is 11.6 Å². The fourth-order valence-corrected chi connectivity index (χ4v) is 3.30. The number of rotatable bonds is 2. The first-order valence-corrected chi connectivity index (χ1v) is 7.34. The second kappa shape index (κ2) is 5.94. The fourth-order valence-electron chi connectivity index (χ4n) is 3.10. The summed E-state index contributed by atoms with van der Waals surface area (Å²) in [6.07, 6.45) is 0.999. The van der Waals surface area contributed by atoms with E-state index >= 15 is 0 Å². The Hall–Kier alpha value is -1.38. The van der Waals surface area contributed by atoms with Gasteiger partial charge in [-0.2, -0.15) is 0 Å². The van der Waals surface area contributed by atoms with Gasteiger partial charge in [0.2, 0.25) is 0 Å². The Morgan fingerprint density at radius 3 is 2.70 bits per heavy atom. The van der Waals surface area contributed by atoms with Gasteiger partial charge in [-0.15, -0.1) is 0 Å². The van der Waals surface area contributed by atoms with Gasteiger partial charge in [-0.3, -0.25) is 0 Å². The van der Waals surface area contributed by atoms with Gasteiger partial charge in [0.25, 0.3) is 0 Å². The van der Waals surface area contributed by atoms with E-state index in [2.05, 4.69) is 11.4 Å². The lowest BCUT2D eigenvalue weighted by Crippen LogP contribution is -2.34. The Labute approximate surface area is 123 Å². The molecule has 2 aromatic carbocycles. The Kier molecular flexibility index (Phi) is 4.04. The van der Waals surface area contributed by atoms with Crippen LogP contribution in [0.25, 0.3) is 0 Å². The number of halogens is 2. The lowest BCUT2D eigenvalue weighted by Gasteiger charge is -2.33. The Morgan fingerprint density at radius 2 is 1.90 bits per heavy atom. The average molecular weight is 290 g/mol. The van der Waals surface area contributed by atoms with Crippen molar-refractivity contribution in [1.82, 2.24) is 5.32 Å². The van der Waals surface area contributed by atoms with Crippen molar-refractivity contribution in [3.05, 3.63) is 70.5 Å². The van der Waals surface area contributed by atoms with Crippen LogP contribution in [0.2, 0.25) is 5.02 Å². The molecule has 0 radical (unpaired) electrons. The average Bonchev–Trinajstić information content (AvgIpc) is 2.48. The summed E-state index contributed by atoms with van der Waals surface area (Å²) in [5.41, 5.74) is 2.00. The molecule has 0 amide bonds. The number of hydrogen-bond donors (Lipinski definition) is 1. The summed E-state index contributed by atoms with van der Waals surface area (Å²) in [5.74, 6) is 0.350. The molecule has 0 bridgehead atoms. The molecule has 104 valence electrons. The monoisotopic (exact) mass is 289 g/mol. The molecule has 1 nitrogen and oxygen atoms in total. The Bertz CT molecular complexity index is 599. The maximum Gasteiger partial charge on any atom is 0.126 e. The third-order valence-corrected chi connectivity index (χ3v) is 4.30. The highest BCUT2D eigenvalue weighted by Crippen LogP contribution is 2.38. The van der Waals surface area contributed by atoms with Crippen LogP contribution in [-0.4, -0.2) is 13.1 Å². The number of hydrogen-bond acceptors (Lipinski definition) is 1. The van der Waals surface area contributed by atoms with Crippen LogP contribution in [0.1, 0.15) is 29.4 Å². The molecule has 1 aliphatic rings. The van der Waals surface area contributed by atoms with E-state index in [1.165, 1.54) is 5.56 Å². The first-order chi connectivity index (χ1) is 9.75. The van der Waals surface area contributed by atoms with Gasteiger partial charge in [-0.25, -0.2) is 4.39 Å². The van der Waals surface area contributed by atoms with Gasteiger partial charge >= 0.3 is 0 Å². The van der Waals surface area contributed by atoms with Crippen LogP contribution in [0.5, 0.6) is 0 Å². The van der Waals surface area contributed by atoms with Gasteiger partial charge in [0.15, 0.2) is 0 Å². The van der Waals surface area contributed by atoms with Crippen molar-refractivity contribution in [2.75, 3.05) is 13.1 Å². The van der Waals surface area contributed by atoms with E-state index in [1.807, 2.05) is 30.3 Å². The zero-order chi connectivity index (χ0) is 13.9. The maximum atomic E-state index is 14.1. The van der Waals surface area contributed by atoms with Crippen LogP contribution in [-0.2, 0) is 0 Å². The highest BCUT2D eigenvalue weighted by atomic mass is 35.5. The molecule has 3 heteroatoms. The van der Waals surface area contributed by atoms with Gasteiger partial charge in [0.05, 0.1) is 0 Å². The standard InChI is InChI=1S/C17H17ClFN/c18-13-5-3-4-12(10-13)14-8-9-20-11-16(14)15-6-1-2-7-17(15)19/h1-7,10,14,16,20H,8-9,11H2. The molecule has 1 saturated heterocycles. The van der Waals surface area contributed by atoms with Gasteiger partial charge in [-0.05, 0) is 48.2 Å². The van der Waals surface area contributed by atoms with Gasteiger partial charge < -0.3 is 5.32 Å². The number of benzene rings is 2. The molecule has 2 aromatic rings. The van der Waals surface area contributed by atoms with E-state index in [9.17, 15) is 4.39 Å². The van der Waals surface area contributed by atoms with Crippen LogP contribution in [0.4, 0.5) is 4.39 Å². The molecule has 0 aromatic heterocycles. The lowest BCUT2D eigenvalue weighted by molar-refractivity contribution is 0.393. The normalized spacial score (nSPS) is 22.7. The Morgan fingerprint density at radius 1 is 1.05 bits per heavy atom. The van der Waals surface area contributed by atoms with Crippen LogP contribution < -0.4 is 5.32 Å². The fraction of sp³-hybridized carbons (Fsp3) is 0.294. The van der Waals surface area contributed by atoms with E-state index in [1.54, 1.807) is 12.1 Å². The topological polar surface area (TPSA) is 12.0 Å². The highest BCUT2D eigenvalue weighted by molar-refractivity contribution is 6.30. The molecule has 1 fully saturated rings. The van der Waals surface area contributed by atoms with Gasteiger partial charge in [-0.1, -0.05) is 41.9 Å². The zero-order valence-electron chi connectivity index (χ0n) is 11.2. The number of piperidine rings is 1. The lowest BCUT2D eigenvalue weighted by atomic mass is 9.77. The summed E-state index contributed by atoms with van der Waals surface area (Å²) in [4.78, 5) is 0. The summed E-state index contributed by atoms with van der Waals surface area (Å²) >= 11 is 6.10. The van der Waals surface area contributed by atoms with E-state index in [0.29, 0.717) is 5.92 Å². The van der Waals surface area contributed by atoms with Crippen LogP contribution >= 0.6 is 11.6 Å². The molecule has 2 atom stereocenters. The van der Waals surface area contributed by atoms with Crippen molar-refractivity contribution in [2.24, 2.45) is 0 Å². The van der Waals surface area contributed by atoms with Gasteiger partial charge in [0, 0.05) is 17.5 Å². The largest absolute Gasteiger partial charge is 0.316 e. The second-order valence-corrected chi connectivity index (χ2v) is 5.72. The first kappa shape index (κ1) is 13.6. The minimum Gasteiger partial charge on any atom is -0.316 e. The third-order valence-electron chi connectivity index (χ3n) is 4.06. The highest BCUT2D eigenvalue weighted by Gasteiger charge is 2.29. The summed E-state index contributed by atoms with van der Waals surface area (Å²) in [5, 5.41) is 4.12. The van der Waals surface area contributed by atoms with Gasteiger partial charge in [0.1, 0.15) is 5.82 Å². The van der Waals surface area contributed by atoms with Crippen LogP contribution in [0.15, 0.2) is 48.5 Å². The molecule has 1 heterocycles. The van der Waals surface area contributed by atoms with E-state index in [-0.39, 0.29) is 11.7 Å². The van der Waals surface area contributed by atoms with Crippen molar-refractivity contribution in [1.29, 1.82) is 0 Å². The molecule has 0 aliphatic carbocycles. The van der Waals surface area contributed by atoms with Crippen molar-refractivity contribution in [3.8, 4) is 0 Å². The van der Waals surface area contributed by atoms with E-state index in [0.717, 1.165) is 30.1 Å². The van der Waals surface area contributed by atoms with Crippen LogP contribution in [0.3, 0.4) is 0 Å². The SMILES string of the molecule is Fc1ccccc1C1CNCCC1c1cccc(Cl)c1. The maximum absolute atomic E-state index is 14.1. The molecule has 0 spiro atoms. The molecule has 1 N–H and O–H groups in total. The summed E-state index contributed by atoms with van der Waals surface area (Å²) < 4.78 is 14.1.